The second kappa shape index (κ2) is 10.3. The molecule has 6 heteroatoms. The van der Waals surface area contributed by atoms with E-state index in [1.54, 1.807) is 18.2 Å². The van der Waals surface area contributed by atoms with E-state index in [1.807, 2.05) is 35.2 Å². The molecule has 6 nitrogen and oxygen atoms in total. The number of nitrogen functional groups attached to an aromatic ring is 1. The molecule has 1 heterocycles. The molecule has 1 aliphatic heterocycles. The minimum absolute atomic E-state index is 0.0226. The first-order valence-corrected chi connectivity index (χ1v) is 10.8. The molecule has 2 aromatic carbocycles. The number of fused-ring (bicyclic) bond motifs is 1. The molecule has 0 aromatic heterocycles. The van der Waals surface area contributed by atoms with E-state index >= 15 is 0 Å². The Labute approximate surface area is 179 Å². The predicted molar refractivity (Wildman–Crippen MR) is 121 cm³/mol. The number of hydrogen-bond donors (Lipinski definition) is 2. The van der Waals surface area contributed by atoms with Crippen LogP contribution < -0.4 is 15.4 Å². The van der Waals surface area contributed by atoms with Crippen LogP contribution in [0.25, 0.3) is 0 Å². The number of ether oxygens (including phenoxy) is 1. The van der Waals surface area contributed by atoms with Crippen molar-refractivity contribution < 1.29 is 9.53 Å². The fourth-order valence-electron chi connectivity index (χ4n) is 3.85. The molecule has 0 fully saturated rings. The first kappa shape index (κ1) is 21.8. The van der Waals surface area contributed by atoms with Crippen molar-refractivity contribution in [3.63, 3.8) is 0 Å². The van der Waals surface area contributed by atoms with Crippen LogP contribution in [0.15, 0.2) is 48.5 Å². The number of nitrogens with zero attached hydrogens (tertiary/aromatic N) is 2. The number of benzene rings is 2. The van der Waals surface area contributed by atoms with E-state index in [1.165, 1.54) is 0 Å². The van der Waals surface area contributed by atoms with Crippen molar-refractivity contribution in [2.24, 2.45) is 5.73 Å². The van der Waals surface area contributed by atoms with Gasteiger partial charge in [-0.1, -0.05) is 50.6 Å². The normalized spacial score (nSPS) is 15.8. The van der Waals surface area contributed by atoms with Crippen molar-refractivity contribution in [2.45, 2.75) is 39.2 Å². The monoisotopic (exact) mass is 408 g/mol. The van der Waals surface area contributed by atoms with Gasteiger partial charge < -0.3 is 20.3 Å². The van der Waals surface area contributed by atoms with Gasteiger partial charge in [-0.15, -0.1) is 0 Å². The number of hydrogen-bond acceptors (Lipinski definition) is 4. The van der Waals surface area contributed by atoms with Crippen molar-refractivity contribution in [3.05, 3.63) is 59.7 Å². The van der Waals surface area contributed by atoms with Gasteiger partial charge in [0.2, 0.25) is 6.10 Å². The first-order chi connectivity index (χ1) is 14.5. The predicted octanol–water partition coefficient (Wildman–Crippen LogP) is 3.95. The largest absolute Gasteiger partial charge is 0.474 e. The summed E-state index contributed by atoms with van der Waals surface area (Å²) in [4.78, 5) is 17.6. The lowest BCUT2D eigenvalue weighted by molar-refractivity contribution is -0.126. The molecule has 0 saturated heterocycles. The van der Waals surface area contributed by atoms with E-state index < -0.39 is 6.10 Å². The fourth-order valence-corrected chi connectivity index (χ4v) is 3.85. The summed E-state index contributed by atoms with van der Waals surface area (Å²) < 4.78 is 6.07. The highest BCUT2D eigenvalue weighted by Gasteiger charge is 2.35. The Bertz CT molecular complexity index is 879. The number of unbranched alkanes of at least 4 members (excludes halogenated alkanes) is 2. The molecule has 0 bridgehead atoms. The highest BCUT2D eigenvalue weighted by Crippen LogP contribution is 2.39. The average molecular weight is 409 g/mol. The van der Waals surface area contributed by atoms with Crippen LogP contribution in [0.4, 0.5) is 5.69 Å². The van der Waals surface area contributed by atoms with E-state index in [2.05, 4.69) is 18.7 Å². The van der Waals surface area contributed by atoms with Gasteiger partial charge in [0.15, 0.2) is 0 Å². The minimum atomic E-state index is -0.727. The zero-order valence-corrected chi connectivity index (χ0v) is 17.9. The highest BCUT2D eigenvalue weighted by molar-refractivity contribution is 6.01. The number of nitrogens with two attached hydrogens (primary N) is 1. The SMILES string of the molecule is CCN(CC)CCCCCN1C(=O)C(c2cccc(C(=N)N)c2)Oc2ccccc21. The van der Waals surface area contributed by atoms with Crippen LogP contribution in [-0.4, -0.2) is 42.8 Å². The molecular weight excluding hydrogens is 376 g/mol. The van der Waals surface area contributed by atoms with Crippen molar-refractivity contribution in [1.29, 1.82) is 5.41 Å². The van der Waals surface area contributed by atoms with Gasteiger partial charge in [0.05, 0.1) is 5.69 Å². The summed E-state index contributed by atoms with van der Waals surface area (Å²) in [6, 6.07) is 14.9. The second-order valence-corrected chi connectivity index (χ2v) is 7.58. The molecule has 3 rings (SSSR count). The Morgan fingerprint density at radius 2 is 1.87 bits per heavy atom. The molecule has 0 radical (unpaired) electrons. The van der Waals surface area contributed by atoms with E-state index in [9.17, 15) is 4.79 Å². The lowest BCUT2D eigenvalue weighted by Gasteiger charge is -2.34. The Morgan fingerprint density at radius 1 is 1.10 bits per heavy atom. The quantitative estimate of drug-likeness (QED) is 0.354. The number of nitrogens with one attached hydrogen (secondary N) is 1. The molecule has 0 saturated carbocycles. The van der Waals surface area contributed by atoms with E-state index in [4.69, 9.17) is 15.9 Å². The van der Waals surface area contributed by atoms with Gasteiger partial charge in [-0.25, -0.2) is 0 Å². The standard InChI is InChI=1S/C24H32N4O2/c1-3-27(4-2)15-8-5-9-16-28-20-13-6-7-14-21(20)30-22(24(28)29)18-11-10-12-19(17-18)23(25)26/h6-7,10-14,17,22H,3-5,8-9,15-16H2,1-2H3,(H3,25,26). The molecule has 1 atom stereocenters. The second-order valence-electron chi connectivity index (χ2n) is 7.58. The summed E-state index contributed by atoms with van der Waals surface area (Å²) in [6.07, 6.45) is 2.43. The number of para-hydroxylation sites is 2. The number of amidine groups is 1. The van der Waals surface area contributed by atoms with E-state index in [-0.39, 0.29) is 11.7 Å². The number of rotatable bonds is 10. The van der Waals surface area contributed by atoms with Gasteiger partial charge in [0, 0.05) is 17.7 Å². The zero-order valence-electron chi connectivity index (χ0n) is 17.9. The molecule has 30 heavy (non-hydrogen) atoms. The Hall–Kier alpha value is -2.86. The van der Waals surface area contributed by atoms with Gasteiger partial charge in [0.25, 0.3) is 5.91 Å². The zero-order chi connectivity index (χ0) is 21.5. The third kappa shape index (κ3) is 5.00. The van der Waals surface area contributed by atoms with E-state index in [0.717, 1.165) is 44.6 Å². The van der Waals surface area contributed by atoms with E-state index in [0.29, 0.717) is 23.4 Å². The summed E-state index contributed by atoms with van der Waals surface area (Å²) in [5.41, 5.74) is 7.76. The summed E-state index contributed by atoms with van der Waals surface area (Å²) >= 11 is 0. The molecule has 0 aliphatic carbocycles. The van der Waals surface area contributed by atoms with Crippen molar-refractivity contribution in [3.8, 4) is 5.75 Å². The van der Waals surface area contributed by atoms with Crippen LogP contribution >= 0.6 is 0 Å². The van der Waals surface area contributed by atoms with Crippen molar-refractivity contribution in [1.82, 2.24) is 4.90 Å². The fraction of sp³-hybridized carbons (Fsp3) is 0.417. The molecule has 1 unspecified atom stereocenters. The van der Waals surface area contributed by atoms with Crippen LogP contribution in [0.2, 0.25) is 0 Å². The van der Waals surface area contributed by atoms with Crippen molar-refractivity contribution in [2.75, 3.05) is 31.1 Å². The smallest absolute Gasteiger partial charge is 0.272 e. The number of carbonyl (C=O) groups excluding carboxylic acids is 1. The van der Waals surface area contributed by atoms with Gasteiger partial charge >= 0.3 is 0 Å². The average Bonchev–Trinajstić information content (AvgIpc) is 2.77. The minimum Gasteiger partial charge on any atom is -0.474 e. The van der Waals surface area contributed by atoms with Gasteiger partial charge in [-0.05, 0) is 50.7 Å². The van der Waals surface area contributed by atoms with Gasteiger partial charge in [-0.2, -0.15) is 0 Å². The molecule has 160 valence electrons. The number of anilines is 1. The maximum absolute atomic E-state index is 13.3. The van der Waals surface area contributed by atoms with Gasteiger partial charge in [-0.3, -0.25) is 10.2 Å². The van der Waals surface area contributed by atoms with Gasteiger partial charge in [0.1, 0.15) is 11.6 Å². The topological polar surface area (TPSA) is 82.7 Å². The van der Waals surface area contributed by atoms with Crippen LogP contribution in [0.1, 0.15) is 50.3 Å². The summed E-state index contributed by atoms with van der Waals surface area (Å²) in [5.74, 6) is 0.613. The summed E-state index contributed by atoms with van der Waals surface area (Å²) in [6.45, 7) is 8.29. The van der Waals surface area contributed by atoms with Crippen LogP contribution in [0.3, 0.4) is 0 Å². The van der Waals surface area contributed by atoms with Crippen LogP contribution in [-0.2, 0) is 4.79 Å². The highest BCUT2D eigenvalue weighted by atomic mass is 16.5. The lowest BCUT2D eigenvalue weighted by atomic mass is 10.0. The number of carbonyl (C=O) groups is 1. The van der Waals surface area contributed by atoms with Crippen molar-refractivity contribution >= 4 is 17.4 Å². The van der Waals surface area contributed by atoms with Crippen LogP contribution in [0, 0.1) is 5.41 Å². The number of amides is 1. The first-order valence-electron chi connectivity index (χ1n) is 10.8. The molecule has 1 aliphatic rings. The Balaban J connectivity index is 1.73. The molecule has 3 N–H and O–H groups in total. The molecule has 1 amide bonds. The maximum Gasteiger partial charge on any atom is 0.272 e. The Morgan fingerprint density at radius 3 is 2.60 bits per heavy atom. The molecule has 0 spiro atoms. The molecular formula is C24H32N4O2. The Kier molecular flexibility index (Phi) is 7.46. The molecule has 2 aromatic rings. The maximum atomic E-state index is 13.3. The summed E-state index contributed by atoms with van der Waals surface area (Å²) in [7, 11) is 0. The third-order valence-electron chi connectivity index (χ3n) is 5.64. The summed E-state index contributed by atoms with van der Waals surface area (Å²) in [5, 5.41) is 7.68. The van der Waals surface area contributed by atoms with Crippen LogP contribution in [0.5, 0.6) is 5.75 Å². The lowest BCUT2D eigenvalue weighted by Crippen LogP contribution is -2.41. The third-order valence-corrected chi connectivity index (χ3v) is 5.64.